The highest BCUT2D eigenvalue weighted by molar-refractivity contribution is 7.16. The van der Waals surface area contributed by atoms with Crippen molar-refractivity contribution in [2.24, 2.45) is 0 Å². The van der Waals surface area contributed by atoms with Crippen LogP contribution in [0.5, 0.6) is 0 Å². The molecule has 0 aliphatic carbocycles. The van der Waals surface area contributed by atoms with Gasteiger partial charge in [-0.3, -0.25) is 4.90 Å². The summed E-state index contributed by atoms with van der Waals surface area (Å²) >= 11 is 1.71. The Hall–Kier alpha value is -1.45. The maximum absolute atomic E-state index is 4.44. The predicted octanol–water partition coefficient (Wildman–Crippen LogP) is 4.96. The number of likely N-dealkylation sites (tertiary alicyclic amines) is 1. The average Bonchev–Trinajstić information content (AvgIpc) is 2.89. The van der Waals surface area contributed by atoms with Crippen molar-refractivity contribution >= 4 is 21.6 Å². The molecule has 0 radical (unpaired) electrons. The van der Waals surface area contributed by atoms with Crippen molar-refractivity contribution in [1.29, 1.82) is 0 Å². The molecule has 0 amide bonds. The fourth-order valence-corrected chi connectivity index (χ4v) is 3.73. The van der Waals surface area contributed by atoms with E-state index >= 15 is 0 Å². The molecule has 0 spiro atoms. The second-order valence-electron chi connectivity index (χ2n) is 5.71. The molecule has 2 nitrogen and oxygen atoms in total. The molecule has 1 atom stereocenters. The van der Waals surface area contributed by atoms with Crippen molar-refractivity contribution < 1.29 is 0 Å². The molecule has 1 saturated heterocycles. The van der Waals surface area contributed by atoms with Crippen molar-refractivity contribution in [2.45, 2.75) is 32.7 Å². The van der Waals surface area contributed by atoms with E-state index in [1.807, 2.05) is 5.51 Å². The summed E-state index contributed by atoms with van der Waals surface area (Å²) in [6, 6.07) is 7.13. The fraction of sp³-hybridized carbons (Fsp3) is 0.389. The molecule has 0 saturated carbocycles. The third-order valence-electron chi connectivity index (χ3n) is 4.56. The summed E-state index contributed by atoms with van der Waals surface area (Å²) in [5.41, 5.74) is 7.15. The number of thiazole rings is 1. The molecule has 1 aliphatic rings. The van der Waals surface area contributed by atoms with E-state index in [2.05, 4.69) is 54.6 Å². The Morgan fingerprint density at radius 2 is 2.14 bits per heavy atom. The minimum absolute atomic E-state index is 0.431. The SMILES string of the molecule is C=C1CCN(C(C)c2ccc3scnc3c2)CC/C1=C/C. The smallest absolute Gasteiger partial charge is 0.0815 e. The third kappa shape index (κ3) is 2.94. The van der Waals surface area contributed by atoms with Gasteiger partial charge >= 0.3 is 0 Å². The second-order valence-corrected chi connectivity index (χ2v) is 6.60. The molecule has 0 N–H and O–H groups in total. The van der Waals surface area contributed by atoms with E-state index in [0.717, 1.165) is 31.4 Å². The lowest BCUT2D eigenvalue weighted by molar-refractivity contribution is 0.223. The number of nitrogens with zero attached hydrogens (tertiary/aromatic N) is 2. The molecule has 3 heteroatoms. The lowest BCUT2D eigenvalue weighted by Crippen LogP contribution is -2.28. The van der Waals surface area contributed by atoms with Gasteiger partial charge in [0.15, 0.2) is 0 Å². The quantitative estimate of drug-likeness (QED) is 0.779. The van der Waals surface area contributed by atoms with Gasteiger partial charge in [0.1, 0.15) is 0 Å². The van der Waals surface area contributed by atoms with Gasteiger partial charge in [0.2, 0.25) is 0 Å². The minimum atomic E-state index is 0.431. The van der Waals surface area contributed by atoms with Gasteiger partial charge in [-0.2, -0.15) is 0 Å². The van der Waals surface area contributed by atoms with Gasteiger partial charge in [-0.25, -0.2) is 4.98 Å². The molecule has 1 aliphatic heterocycles. The molecule has 1 fully saturated rings. The number of hydrogen-bond donors (Lipinski definition) is 0. The van der Waals surface area contributed by atoms with E-state index in [1.54, 1.807) is 11.3 Å². The molecule has 1 unspecified atom stereocenters. The molecule has 2 heterocycles. The highest BCUT2D eigenvalue weighted by Gasteiger charge is 2.20. The summed E-state index contributed by atoms with van der Waals surface area (Å²) < 4.78 is 1.27. The summed E-state index contributed by atoms with van der Waals surface area (Å²) in [6.07, 6.45) is 4.40. The monoisotopic (exact) mass is 298 g/mol. The molecule has 2 aromatic rings. The Kier molecular flexibility index (Phi) is 4.22. The van der Waals surface area contributed by atoms with Gasteiger partial charge in [-0.15, -0.1) is 11.3 Å². The normalized spacial score (nSPS) is 20.9. The lowest BCUT2D eigenvalue weighted by atomic mass is 10.0. The topological polar surface area (TPSA) is 16.1 Å². The summed E-state index contributed by atoms with van der Waals surface area (Å²) in [5.74, 6) is 0. The molecule has 21 heavy (non-hydrogen) atoms. The second kappa shape index (κ2) is 6.12. The van der Waals surface area contributed by atoms with Gasteiger partial charge in [0.05, 0.1) is 15.7 Å². The van der Waals surface area contributed by atoms with Gasteiger partial charge in [-0.1, -0.05) is 24.3 Å². The Bertz CT molecular complexity index is 683. The van der Waals surface area contributed by atoms with Crippen LogP contribution in [0.15, 0.2) is 47.5 Å². The Morgan fingerprint density at radius 1 is 1.33 bits per heavy atom. The van der Waals surface area contributed by atoms with E-state index in [0.29, 0.717) is 6.04 Å². The summed E-state index contributed by atoms with van der Waals surface area (Å²) in [7, 11) is 0. The van der Waals surface area contributed by atoms with Crippen molar-refractivity contribution in [2.75, 3.05) is 13.1 Å². The standard InChI is InChI=1S/C18H22N2S/c1-4-15-8-10-20(9-7-13(15)2)14(3)16-5-6-18-17(11-16)19-12-21-18/h4-6,11-12,14H,2,7-10H2,1,3H3/b15-4-. The average molecular weight is 298 g/mol. The van der Waals surface area contributed by atoms with E-state index in [-0.39, 0.29) is 0 Å². The number of allylic oxidation sites excluding steroid dienone is 1. The Morgan fingerprint density at radius 3 is 2.95 bits per heavy atom. The summed E-state index contributed by atoms with van der Waals surface area (Å²) in [5, 5.41) is 0. The zero-order chi connectivity index (χ0) is 14.8. The highest BCUT2D eigenvalue weighted by Crippen LogP contribution is 2.29. The van der Waals surface area contributed by atoms with Crippen LogP contribution in [0.1, 0.15) is 38.3 Å². The van der Waals surface area contributed by atoms with Crippen molar-refractivity contribution in [3.8, 4) is 0 Å². The van der Waals surface area contributed by atoms with Crippen LogP contribution < -0.4 is 0 Å². The first-order valence-corrected chi connectivity index (χ1v) is 8.47. The summed E-state index contributed by atoms with van der Waals surface area (Å²) in [4.78, 5) is 7.00. The van der Waals surface area contributed by atoms with Crippen molar-refractivity contribution in [1.82, 2.24) is 9.88 Å². The summed E-state index contributed by atoms with van der Waals surface area (Å²) in [6.45, 7) is 10.8. The van der Waals surface area contributed by atoms with Crippen molar-refractivity contribution in [3.05, 3.63) is 53.1 Å². The van der Waals surface area contributed by atoms with Gasteiger partial charge < -0.3 is 0 Å². The minimum Gasteiger partial charge on any atom is -0.296 e. The molecule has 0 bridgehead atoms. The van der Waals surface area contributed by atoms with Crippen molar-refractivity contribution in [3.63, 3.8) is 0 Å². The predicted molar refractivity (Wildman–Crippen MR) is 91.7 cm³/mol. The van der Waals surface area contributed by atoms with Gasteiger partial charge in [-0.05, 0) is 50.0 Å². The number of fused-ring (bicyclic) bond motifs is 1. The molecule has 1 aromatic carbocycles. The number of aromatic nitrogens is 1. The molecule has 110 valence electrons. The molecule has 3 rings (SSSR count). The van der Waals surface area contributed by atoms with Crippen LogP contribution in [0.2, 0.25) is 0 Å². The number of hydrogen-bond acceptors (Lipinski definition) is 3. The number of benzene rings is 1. The van der Waals surface area contributed by atoms with Gasteiger partial charge in [0, 0.05) is 19.1 Å². The van der Waals surface area contributed by atoms with Gasteiger partial charge in [0.25, 0.3) is 0 Å². The number of rotatable bonds is 2. The molecular formula is C18H22N2S. The van der Waals surface area contributed by atoms with Crippen LogP contribution >= 0.6 is 11.3 Å². The zero-order valence-corrected chi connectivity index (χ0v) is 13.6. The Balaban J connectivity index is 1.80. The molecule has 1 aromatic heterocycles. The van der Waals surface area contributed by atoms with Crippen LogP contribution in [0, 0.1) is 0 Å². The van der Waals surface area contributed by atoms with Crippen LogP contribution in [-0.4, -0.2) is 23.0 Å². The van der Waals surface area contributed by atoms with E-state index < -0.39 is 0 Å². The third-order valence-corrected chi connectivity index (χ3v) is 5.37. The zero-order valence-electron chi connectivity index (χ0n) is 12.8. The van der Waals surface area contributed by atoms with E-state index in [4.69, 9.17) is 0 Å². The first-order chi connectivity index (χ1) is 10.2. The lowest BCUT2D eigenvalue weighted by Gasteiger charge is -2.27. The van der Waals surface area contributed by atoms with Crippen LogP contribution in [0.4, 0.5) is 0 Å². The maximum Gasteiger partial charge on any atom is 0.0815 e. The van der Waals surface area contributed by atoms with E-state index in [1.165, 1.54) is 21.4 Å². The fourth-order valence-electron chi connectivity index (χ4n) is 3.07. The van der Waals surface area contributed by atoms with Crippen LogP contribution in [-0.2, 0) is 0 Å². The maximum atomic E-state index is 4.44. The molecular weight excluding hydrogens is 276 g/mol. The first-order valence-electron chi connectivity index (χ1n) is 7.59. The highest BCUT2D eigenvalue weighted by atomic mass is 32.1. The Labute approximate surface area is 130 Å². The first kappa shape index (κ1) is 14.5. The largest absolute Gasteiger partial charge is 0.296 e. The van der Waals surface area contributed by atoms with Crippen LogP contribution in [0.3, 0.4) is 0 Å². The van der Waals surface area contributed by atoms with E-state index in [9.17, 15) is 0 Å². The van der Waals surface area contributed by atoms with Crippen LogP contribution in [0.25, 0.3) is 10.2 Å².